The molecule has 0 aliphatic carbocycles. The summed E-state index contributed by atoms with van der Waals surface area (Å²) in [5.74, 6) is 0.347. The maximum Gasteiger partial charge on any atom is 0.322 e. The number of halogens is 2. The van der Waals surface area contributed by atoms with Crippen molar-refractivity contribution in [2.24, 2.45) is 9.98 Å². The molecule has 11 nitrogen and oxygen atoms in total. The first-order chi connectivity index (χ1) is 20.3. The summed E-state index contributed by atoms with van der Waals surface area (Å²) in [4.78, 5) is 37.8. The van der Waals surface area contributed by atoms with Gasteiger partial charge in [-0.1, -0.05) is 59.6 Å². The van der Waals surface area contributed by atoms with Crippen LogP contribution in [0.15, 0.2) is 76.7 Å². The number of aliphatic carboxylic acids is 1. The second-order valence-electron chi connectivity index (χ2n) is 9.51. The third kappa shape index (κ3) is 6.69. The Morgan fingerprint density at radius 1 is 1.12 bits per heavy atom. The lowest BCUT2D eigenvalue weighted by Gasteiger charge is -2.38. The molecule has 2 aliphatic rings. The summed E-state index contributed by atoms with van der Waals surface area (Å²) in [5, 5.41) is 19.1. The first kappa shape index (κ1) is 29.0. The maximum atomic E-state index is 13.3. The number of hydrogen-bond acceptors (Lipinski definition) is 6. The van der Waals surface area contributed by atoms with Crippen molar-refractivity contribution >= 4 is 58.5 Å². The summed E-state index contributed by atoms with van der Waals surface area (Å²) in [7, 11) is 1.52. The normalized spacial score (nSPS) is 16.9. The third-order valence-corrected chi connectivity index (χ3v) is 7.46. The van der Waals surface area contributed by atoms with Crippen LogP contribution in [0.3, 0.4) is 0 Å². The van der Waals surface area contributed by atoms with E-state index in [2.05, 4.69) is 27.0 Å². The number of nitrogens with one attached hydrogen (secondary N) is 3. The zero-order valence-corrected chi connectivity index (χ0v) is 24.2. The molecule has 2 heterocycles. The van der Waals surface area contributed by atoms with Crippen LogP contribution in [-0.2, 0) is 17.8 Å². The van der Waals surface area contributed by atoms with Crippen LogP contribution in [-0.4, -0.2) is 60.4 Å². The molecule has 0 radical (unpaired) electrons. The lowest BCUT2D eigenvalue weighted by Crippen LogP contribution is -2.62. The number of benzene rings is 3. The number of guanidine groups is 2. The predicted octanol–water partition coefficient (Wildman–Crippen LogP) is 4.76. The van der Waals surface area contributed by atoms with E-state index in [0.717, 1.165) is 17.7 Å². The second-order valence-corrected chi connectivity index (χ2v) is 10.3. The van der Waals surface area contributed by atoms with E-state index >= 15 is 0 Å². The van der Waals surface area contributed by atoms with Crippen LogP contribution in [0.5, 0.6) is 5.75 Å². The van der Waals surface area contributed by atoms with Gasteiger partial charge in [-0.15, -0.1) is 0 Å². The van der Waals surface area contributed by atoms with Crippen LogP contribution in [0.1, 0.15) is 17.5 Å². The Kier molecular flexibility index (Phi) is 8.99. The van der Waals surface area contributed by atoms with Crippen LogP contribution in [0.25, 0.3) is 0 Å². The number of urea groups is 1. The largest absolute Gasteiger partial charge is 0.495 e. The molecule has 0 aromatic heterocycles. The highest BCUT2D eigenvalue weighted by atomic mass is 35.5. The van der Waals surface area contributed by atoms with E-state index in [4.69, 9.17) is 32.9 Å². The molecular formula is C29H29Cl2N7O4. The number of hydrogen-bond donors (Lipinski definition) is 4. The van der Waals surface area contributed by atoms with Crippen molar-refractivity contribution in [3.05, 3.63) is 87.9 Å². The molecule has 1 atom stereocenters. The Balaban J connectivity index is 1.51. The molecule has 0 saturated heterocycles. The molecule has 0 spiro atoms. The minimum Gasteiger partial charge on any atom is -0.495 e. The Bertz CT molecular complexity index is 1550. The number of methoxy groups -OCH3 is 1. The minimum absolute atomic E-state index is 0.0134. The molecule has 3 aromatic carbocycles. The van der Waals surface area contributed by atoms with Gasteiger partial charge in [0.05, 0.1) is 35.8 Å². The van der Waals surface area contributed by atoms with E-state index in [-0.39, 0.29) is 19.5 Å². The van der Waals surface area contributed by atoms with Gasteiger partial charge in [0, 0.05) is 18.8 Å². The van der Waals surface area contributed by atoms with Crippen molar-refractivity contribution in [1.29, 1.82) is 0 Å². The van der Waals surface area contributed by atoms with Gasteiger partial charge >= 0.3 is 12.0 Å². The molecule has 2 aliphatic heterocycles. The molecule has 42 heavy (non-hydrogen) atoms. The van der Waals surface area contributed by atoms with Crippen molar-refractivity contribution in [3.8, 4) is 5.75 Å². The maximum absolute atomic E-state index is 13.3. The number of carbonyl (C=O) groups is 2. The minimum atomic E-state index is -0.973. The molecule has 2 amide bonds. The standard InChI is InChI=1S/C29H29Cl2N7O4/c1-42-24-9-5-3-7-22(24)33-29(41)36-28-35-27(37-15-13-19-6-2-4-8-23(19)37)34-26(32-14-12-25(39)40)38(28)17-18-10-11-20(30)21(31)16-18/h2-11,16,28H,12-15,17H2,1H3,(H,39,40)(H,32,34,35)(H2,33,36,41). The topological polar surface area (TPSA) is 131 Å². The number of anilines is 2. The SMILES string of the molecule is COc1ccccc1NC(=O)NC1N=C(N2CCc3ccccc32)NC(=NCCC(=O)O)N1Cc1ccc(Cl)c(Cl)c1. The summed E-state index contributed by atoms with van der Waals surface area (Å²) in [6.45, 7) is 0.906. The highest BCUT2D eigenvalue weighted by molar-refractivity contribution is 6.42. The zero-order chi connectivity index (χ0) is 29.6. The lowest BCUT2D eigenvalue weighted by molar-refractivity contribution is -0.136. The number of carbonyl (C=O) groups excluding carboxylic acids is 1. The van der Waals surface area contributed by atoms with E-state index in [1.165, 1.54) is 12.7 Å². The summed E-state index contributed by atoms with van der Waals surface area (Å²) in [6, 6.07) is 19.8. The van der Waals surface area contributed by atoms with E-state index in [1.54, 1.807) is 41.3 Å². The summed E-state index contributed by atoms with van der Waals surface area (Å²) < 4.78 is 5.37. The van der Waals surface area contributed by atoms with E-state index in [9.17, 15) is 14.7 Å². The van der Waals surface area contributed by atoms with Crippen LogP contribution < -0.4 is 25.6 Å². The van der Waals surface area contributed by atoms with Gasteiger partial charge in [0.1, 0.15) is 5.75 Å². The van der Waals surface area contributed by atoms with Crippen molar-refractivity contribution in [2.75, 3.05) is 30.4 Å². The summed E-state index contributed by atoms with van der Waals surface area (Å²) >= 11 is 12.4. The second kappa shape index (κ2) is 13.0. The van der Waals surface area contributed by atoms with Gasteiger partial charge in [-0.25, -0.2) is 9.79 Å². The van der Waals surface area contributed by atoms with E-state index < -0.39 is 18.3 Å². The van der Waals surface area contributed by atoms with E-state index in [0.29, 0.717) is 39.9 Å². The van der Waals surface area contributed by atoms with E-state index in [1.807, 2.05) is 29.2 Å². The number of carboxylic acid groups (broad SMARTS) is 1. The fraction of sp³-hybridized carbons (Fsp3) is 0.241. The number of fused-ring (bicyclic) bond motifs is 1. The molecule has 1 unspecified atom stereocenters. The van der Waals surface area contributed by atoms with Gasteiger partial charge in [-0.05, 0) is 47.9 Å². The third-order valence-electron chi connectivity index (χ3n) is 6.72. The fourth-order valence-electron chi connectivity index (χ4n) is 4.72. The molecule has 0 saturated carbocycles. The van der Waals surface area contributed by atoms with Gasteiger partial charge < -0.3 is 20.1 Å². The Hall–Kier alpha value is -4.48. The van der Waals surface area contributed by atoms with Crippen molar-refractivity contribution in [1.82, 2.24) is 15.5 Å². The quantitative estimate of drug-likeness (QED) is 0.289. The molecular weight excluding hydrogens is 581 g/mol. The highest BCUT2D eigenvalue weighted by Crippen LogP contribution is 2.29. The van der Waals surface area contributed by atoms with Crippen molar-refractivity contribution in [3.63, 3.8) is 0 Å². The van der Waals surface area contributed by atoms with Crippen LogP contribution in [0.2, 0.25) is 10.0 Å². The Morgan fingerprint density at radius 3 is 2.69 bits per heavy atom. The first-order valence-corrected chi connectivity index (χ1v) is 14.0. The lowest BCUT2D eigenvalue weighted by atomic mass is 10.2. The predicted molar refractivity (Wildman–Crippen MR) is 164 cm³/mol. The monoisotopic (exact) mass is 609 g/mol. The Labute approximate surface area is 252 Å². The number of carboxylic acids is 1. The van der Waals surface area contributed by atoms with Gasteiger partial charge in [0.2, 0.25) is 18.2 Å². The summed E-state index contributed by atoms with van der Waals surface area (Å²) in [6.07, 6.45) is -0.277. The van der Waals surface area contributed by atoms with Gasteiger partial charge in [0.15, 0.2) is 0 Å². The first-order valence-electron chi connectivity index (χ1n) is 13.2. The number of para-hydroxylation sites is 3. The van der Waals surface area contributed by atoms with Crippen LogP contribution in [0, 0.1) is 0 Å². The van der Waals surface area contributed by atoms with Crippen LogP contribution >= 0.6 is 23.2 Å². The van der Waals surface area contributed by atoms with Crippen molar-refractivity contribution in [2.45, 2.75) is 25.7 Å². The molecule has 4 N–H and O–H groups in total. The van der Waals surface area contributed by atoms with Gasteiger partial charge in [0.25, 0.3) is 0 Å². The number of rotatable bonds is 8. The highest BCUT2D eigenvalue weighted by Gasteiger charge is 2.34. The number of ether oxygens (including phenoxy) is 1. The molecule has 13 heteroatoms. The average Bonchev–Trinajstić information content (AvgIpc) is 3.40. The van der Waals surface area contributed by atoms with Gasteiger partial charge in [-0.3, -0.25) is 25.3 Å². The summed E-state index contributed by atoms with van der Waals surface area (Å²) in [5.41, 5.74) is 3.42. The van der Waals surface area contributed by atoms with Crippen molar-refractivity contribution < 1.29 is 19.4 Å². The molecule has 5 rings (SSSR count). The number of nitrogens with zero attached hydrogens (tertiary/aromatic N) is 4. The smallest absolute Gasteiger partial charge is 0.322 e. The molecule has 0 fully saturated rings. The average molecular weight is 611 g/mol. The number of amides is 2. The zero-order valence-electron chi connectivity index (χ0n) is 22.7. The molecule has 218 valence electrons. The van der Waals surface area contributed by atoms with Gasteiger partial charge in [-0.2, -0.15) is 0 Å². The molecule has 3 aromatic rings. The fourth-order valence-corrected chi connectivity index (χ4v) is 5.04. The number of aliphatic imine (C=N–C) groups is 2. The Morgan fingerprint density at radius 2 is 1.90 bits per heavy atom. The molecule has 0 bridgehead atoms. The van der Waals surface area contributed by atoms with Crippen LogP contribution in [0.4, 0.5) is 16.2 Å².